The Morgan fingerprint density at radius 2 is 1.26 bits per heavy atom. The Morgan fingerprint density at radius 1 is 0.842 bits per heavy atom. The standard InChI is InChI=1S/C13H6Br2ClN.C2H6/c14-9-5-1-3-7-11(16)8-4-2-6-10(15)13(8)17-12(7)9;1-2/h1-6H;1-2H3. The molecule has 0 saturated carbocycles. The molecule has 0 aliphatic carbocycles. The lowest BCUT2D eigenvalue weighted by atomic mass is 10.1. The molecule has 0 saturated heterocycles. The summed E-state index contributed by atoms with van der Waals surface area (Å²) in [5.41, 5.74) is 1.77. The minimum absolute atomic E-state index is 0.743. The number of nitrogens with zero attached hydrogens (tertiary/aromatic N) is 1. The molecule has 0 radical (unpaired) electrons. The summed E-state index contributed by atoms with van der Waals surface area (Å²) in [5.74, 6) is 0. The predicted molar refractivity (Wildman–Crippen MR) is 91.0 cm³/mol. The smallest absolute Gasteiger partial charge is 0.0867 e. The van der Waals surface area contributed by atoms with Crippen LogP contribution in [0, 0.1) is 0 Å². The van der Waals surface area contributed by atoms with Crippen LogP contribution in [-0.4, -0.2) is 4.98 Å². The molecule has 0 bridgehead atoms. The summed E-state index contributed by atoms with van der Waals surface area (Å²) in [4.78, 5) is 4.66. The Morgan fingerprint density at radius 3 is 1.68 bits per heavy atom. The van der Waals surface area contributed by atoms with E-state index < -0.39 is 0 Å². The van der Waals surface area contributed by atoms with Crippen molar-refractivity contribution in [1.29, 1.82) is 0 Å². The number of para-hydroxylation sites is 2. The molecule has 1 aromatic heterocycles. The Bertz CT molecular complexity index is 681. The van der Waals surface area contributed by atoms with E-state index >= 15 is 0 Å². The zero-order valence-electron chi connectivity index (χ0n) is 10.5. The van der Waals surface area contributed by atoms with E-state index in [-0.39, 0.29) is 0 Å². The minimum Gasteiger partial charge on any atom is -0.245 e. The molecule has 3 aromatic rings. The van der Waals surface area contributed by atoms with E-state index in [9.17, 15) is 0 Å². The van der Waals surface area contributed by atoms with Crippen molar-refractivity contribution in [3.8, 4) is 0 Å². The number of hydrogen-bond donors (Lipinski definition) is 0. The molecule has 0 amide bonds. The van der Waals surface area contributed by atoms with Crippen LogP contribution in [0.15, 0.2) is 45.3 Å². The highest BCUT2D eigenvalue weighted by Gasteiger charge is 2.10. The molecule has 0 fully saturated rings. The van der Waals surface area contributed by atoms with Gasteiger partial charge in [-0.15, -0.1) is 0 Å². The van der Waals surface area contributed by atoms with Crippen LogP contribution in [0.4, 0.5) is 0 Å². The molecule has 1 heterocycles. The maximum atomic E-state index is 6.44. The van der Waals surface area contributed by atoms with Crippen LogP contribution in [0.2, 0.25) is 5.02 Å². The van der Waals surface area contributed by atoms with Gasteiger partial charge in [0.05, 0.1) is 16.1 Å². The van der Waals surface area contributed by atoms with Gasteiger partial charge in [-0.05, 0) is 44.0 Å². The number of halogens is 3. The second-order valence-electron chi connectivity index (χ2n) is 3.70. The van der Waals surface area contributed by atoms with Crippen LogP contribution in [0.3, 0.4) is 0 Å². The van der Waals surface area contributed by atoms with Crippen LogP contribution in [0.1, 0.15) is 13.8 Å². The van der Waals surface area contributed by atoms with Crippen molar-refractivity contribution in [3.05, 3.63) is 50.4 Å². The Labute approximate surface area is 134 Å². The Hall–Kier alpha value is -0.640. The topological polar surface area (TPSA) is 12.9 Å². The third kappa shape index (κ3) is 2.64. The van der Waals surface area contributed by atoms with Crippen molar-refractivity contribution >= 4 is 65.3 Å². The van der Waals surface area contributed by atoms with Gasteiger partial charge in [0.25, 0.3) is 0 Å². The monoisotopic (exact) mass is 399 g/mol. The van der Waals surface area contributed by atoms with Gasteiger partial charge < -0.3 is 0 Å². The lowest BCUT2D eigenvalue weighted by Crippen LogP contribution is -1.86. The normalized spacial score (nSPS) is 10.4. The number of fused-ring (bicyclic) bond motifs is 2. The lowest BCUT2D eigenvalue weighted by molar-refractivity contribution is 1.47. The molecule has 1 nitrogen and oxygen atoms in total. The van der Waals surface area contributed by atoms with E-state index in [0.717, 1.165) is 35.8 Å². The number of benzene rings is 2. The highest BCUT2D eigenvalue weighted by Crippen LogP contribution is 2.35. The van der Waals surface area contributed by atoms with E-state index in [4.69, 9.17) is 11.6 Å². The molecule has 0 aliphatic rings. The molecule has 19 heavy (non-hydrogen) atoms. The van der Waals surface area contributed by atoms with Crippen LogP contribution in [-0.2, 0) is 0 Å². The first-order valence-electron chi connectivity index (χ1n) is 6.00. The van der Waals surface area contributed by atoms with E-state index in [0.29, 0.717) is 0 Å². The number of pyridine rings is 1. The van der Waals surface area contributed by atoms with Gasteiger partial charge in [-0.25, -0.2) is 4.98 Å². The van der Waals surface area contributed by atoms with Crippen molar-refractivity contribution in [2.75, 3.05) is 0 Å². The molecule has 0 unspecified atom stereocenters. The van der Waals surface area contributed by atoms with Gasteiger partial charge in [0.15, 0.2) is 0 Å². The number of aromatic nitrogens is 1. The summed E-state index contributed by atoms with van der Waals surface area (Å²) in [7, 11) is 0. The molecule has 0 spiro atoms. The van der Waals surface area contributed by atoms with Gasteiger partial charge in [0, 0.05) is 19.7 Å². The first kappa shape index (κ1) is 14.8. The highest BCUT2D eigenvalue weighted by atomic mass is 79.9. The highest BCUT2D eigenvalue weighted by molar-refractivity contribution is 9.11. The van der Waals surface area contributed by atoms with Crippen LogP contribution in [0.25, 0.3) is 21.8 Å². The SMILES string of the molecule is CC.Clc1c2cccc(Br)c2nc2c(Br)cccc12. The average molecular weight is 402 g/mol. The van der Waals surface area contributed by atoms with Crippen molar-refractivity contribution in [1.82, 2.24) is 4.98 Å². The zero-order chi connectivity index (χ0) is 14.0. The summed E-state index contributed by atoms with van der Waals surface area (Å²) >= 11 is 13.4. The summed E-state index contributed by atoms with van der Waals surface area (Å²) < 4.78 is 1.91. The molecule has 0 atom stereocenters. The van der Waals surface area contributed by atoms with Crippen molar-refractivity contribution in [3.63, 3.8) is 0 Å². The maximum absolute atomic E-state index is 6.44. The van der Waals surface area contributed by atoms with Crippen molar-refractivity contribution in [2.24, 2.45) is 0 Å². The molecule has 0 aliphatic heterocycles. The maximum Gasteiger partial charge on any atom is 0.0867 e. The van der Waals surface area contributed by atoms with Crippen LogP contribution < -0.4 is 0 Å². The number of hydrogen-bond acceptors (Lipinski definition) is 1. The van der Waals surface area contributed by atoms with Gasteiger partial charge in [-0.3, -0.25) is 0 Å². The van der Waals surface area contributed by atoms with E-state index in [1.54, 1.807) is 0 Å². The van der Waals surface area contributed by atoms with Gasteiger partial charge in [0.1, 0.15) is 0 Å². The van der Waals surface area contributed by atoms with Gasteiger partial charge >= 0.3 is 0 Å². The van der Waals surface area contributed by atoms with Crippen molar-refractivity contribution < 1.29 is 0 Å². The fraction of sp³-hybridized carbons (Fsp3) is 0.133. The van der Waals surface area contributed by atoms with Gasteiger partial charge in [-0.2, -0.15) is 0 Å². The molecule has 0 N–H and O–H groups in total. The van der Waals surface area contributed by atoms with Gasteiger partial charge in [-0.1, -0.05) is 49.7 Å². The average Bonchev–Trinajstić information content (AvgIpc) is 2.44. The fourth-order valence-electron chi connectivity index (χ4n) is 1.87. The third-order valence-electron chi connectivity index (χ3n) is 2.67. The zero-order valence-corrected chi connectivity index (χ0v) is 14.5. The molecular formula is C15H12Br2ClN. The molecular weight excluding hydrogens is 389 g/mol. The summed E-state index contributed by atoms with van der Waals surface area (Å²) in [5, 5.41) is 2.67. The number of rotatable bonds is 0. The Balaban J connectivity index is 0.000000637. The summed E-state index contributed by atoms with van der Waals surface area (Å²) in [6, 6.07) is 11.8. The van der Waals surface area contributed by atoms with E-state index in [1.807, 2.05) is 50.2 Å². The predicted octanol–water partition coefficient (Wildman–Crippen LogP) is 6.59. The van der Waals surface area contributed by atoms with Crippen LogP contribution in [0.5, 0.6) is 0 Å². The lowest BCUT2D eigenvalue weighted by Gasteiger charge is -2.07. The minimum atomic E-state index is 0.743. The van der Waals surface area contributed by atoms with E-state index in [1.165, 1.54) is 0 Å². The quantitative estimate of drug-likeness (QED) is 0.387. The Kier molecular flexibility index (Phi) is 4.82. The second-order valence-corrected chi connectivity index (χ2v) is 5.78. The largest absolute Gasteiger partial charge is 0.245 e. The fourth-order valence-corrected chi connectivity index (χ4v) is 3.08. The molecule has 98 valence electrons. The molecule has 4 heteroatoms. The summed E-state index contributed by atoms with van der Waals surface area (Å²) in [6.07, 6.45) is 0. The molecule has 2 aromatic carbocycles. The first-order valence-corrected chi connectivity index (χ1v) is 7.97. The van der Waals surface area contributed by atoms with Gasteiger partial charge in [0.2, 0.25) is 0 Å². The van der Waals surface area contributed by atoms with Crippen LogP contribution >= 0.6 is 43.5 Å². The third-order valence-corrected chi connectivity index (χ3v) is 4.36. The molecule has 3 rings (SSSR count). The van der Waals surface area contributed by atoms with E-state index in [2.05, 4.69) is 36.8 Å². The summed E-state index contributed by atoms with van der Waals surface area (Å²) in [6.45, 7) is 4.00. The second kappa shape index (κ2) is 6.21. The van der Waals surface area contributed by atoms with Crippen molar-refractivity contribution in [2.45, 2.75) is 13.8 Å². The first-order chi connectivity index (χ1) is 9.18.